The molecule has 0 aliphatic carbocycles. The van der Waals surface area contributed by atoms with Crippen LogP contribution in [0.25, 0.3) is 33.1 Å². The van der Waals surface area contributed by atoms with E-state index in [9.17, 15) is 4.79 Å². The van der Waals surface area contributed by atoms with Crippen LogP contribution in [0.5, 0.6) is 11.5 Å². The van der Waals surface area contributed by atoms with E-state index in [0.717, 1.165) is 33.8 Å². The molecule has 2 aromatic heterocycles. The van der Waals surface area contributed by atoms with Crippen molar-refractivity contribution in [2.24, 2.45) is 0 Å². The SMILES string of the molecule is O=C(NCCc1ccccc1)c1cc2c([nH]c3ccccc32)c(-c2ccc3c(c2)OCO3)n1. The number of aromatic amines is 1. The maximum atomic E-state index is 13.1. The van der Waals surface area contributed by atoms with E-state index in [0.29, 0.717) is 29.4 Å². The van der Waals surface area contributed by atoms with Crippen molar-refractivity contribution in [3.05, 3.63) is 90.1 Å². The fraction of sp³-hybridized carbons (Fsp3) is 0.111. The average molecular weight is 435 g/mol. The lowest BCUT2D eigenvalue weighted by atomic mass is 10.1. The third-order valence-corrected chi connectivity index (χ3v) is 5.92. The largest absolute Gasteiger partial charge is 0.454 e. The van der Waals surface area contributed by atoms with Crippen molar-refractivity contribution < 1.29 is 14.3 Å². The second-order valence-electron chi connectivity index (χ2n) is 8.01. The van der Waals surface area contributed by atoms with Crippen LogP contribution < -0.4 is 14.8 Å². The molecule has 2 N–H and O–H groups in total. The summed E-state index contributed by atoms with van der Waals surface area (Å²) in [6.07, 6.45) is 0.761. The minimum absolute atomic E-state index is 0.194. The number of ether oxygens (including phenoxy) is 2. The third-order valence-electron chi connectivity index (χ3n) is 5.92. The van der Waals surface area contributed by atoms with Crippen LogP contribution in [-0.4, -0.2) is 29.2 Å². The van der Waals surface area contributed by atoms with Crippen LogP contribution in [0, 0.1) is 0 Å². The minimum atomic E-state index is -0.194. The molecule has 5 aromatic rings. The Morgan fingerprint density at radius 1 is 0.909 bits per heavy atom. The second kappa shape index (κ2) is 7.98. The number of nitrogens with zero attached hydrogens (tertiary/aromatic N) is 1. The number of carbonyl (C=O) groups excluding carboxylic acids is 1. The first kappa shape index (κ1) is 19.4. The highest BCUT2D eigenvalue weighted by Gasteiger charge is 2.20. The monoisotopic (exact) mass is 435 g/mol. The Kier molecular flexibility index (Phi) is 4.69. The van der Waals surface area contributed by atoms with Crippen molar-refractivity contribution >= 4 is 27.7 Å². The molecule has 1 amide bonds. The fourth-order valence-electron chi connectivity index (χ4n) is 4.27. The first-order chi connectivity index (χ1) is 16.3. The summed E-state index contributed by atoms with van der Waals surface area (Å²) in [7, 11) is 0. The zero-order chi connectivity index (χ0) is 22.2. The van der Waals surface area contributed by atoms with Gasteiger partial charge in [0, 0.05) is 28.4 Å². The molecular formula is C27H21N3O3. The number of H-pyrrole nitrogens is 1. The number of benzene rings is 3. The van der Waals surface area contributed by atoms with Gasteiger partial charge in [0.25, 0.3) is 5.91 Å². The van der Waals surface area contributed by atoms with Gasteiger partial charge in [-0.05, 0) is 42.3 Å². The average Bonchev–Trinajstić information content (AvgIpc) is 3.48. The normalized spacial score (nSPS) is 12.4. The van der Waals surface area contributed by atoms with Crippen LogP contribution in [0.3, 0.4) is 0 Å². The number of rotatable bonds is 5. The number of para-hydroxylation sites is 1. The number of carbonyl (C=O) groups is 1. The van der Waals surface area contributed by atoms with Gasteiger partial charge in [-0.2, -0.15) is 0 Å². The van der Waals surface area contributed by atoms with E-state index in [1.54, 1.807) is 0 Å². The maximum Gasteiger partial charge on any atom is 0.269 e. The van der Waals surface area contributed by atoms with E-state index >= 15 is 0 Å². The summed E-state index contributed by atoms with van der Waals surface area (Å²) >= 11 is 0. The zero-order valence-corrected chi connectivity index (χ0v) is 17.8. The lowest BCUT2D eigenvalue weighted by molar-refractivity contribution is 0.0949. The Labute approximate surface area is 190 Å². The molecule has 0 bridgehead atoms. The molecule has 0 atom stereocenters. The first-order valence-electron chi connectivity index (χ1n) is 10.9. The molecule has 3 heterocycles. The molecule has 6 rings (SSSR count). The Bertz CT molecular complexity index is 1490. The Balaban J connectivity index is 1.40. The van der Waals surface area contributed by atoms with Crippen LogP contribution in [0.4, 0.5) is 0 Å². The topological polar surface area (TPSA) is 76.2 Å². The van der Waals surface area contributed by atoms with E-state index in [-0.39, 0.29) is 12.7 Å². The van der Waals surface area contributed by atoms with E-state index < -0.39 is 0 Å². The standard InChI is InChI=1S/C27H21N3O3/c31-27(28-13-12-17-6-2-1-3-7-17)22-15-20-19-8-4-5-9-21(19)29-26(20)25(30-22)18-10-11-23-24(14-18)33-16-32-23/h1-11,14-15,29H,12-13,16H2,(H,28,31). The lowest BCUT2D eigenvalue weighted by Crippen LogP contribution is -2.26. The van der Waals surface area contributed by atoms with Crippen molar-refractivity contribution in [1.29, 1.82) is 0 Å². The zero-order valence-electron chi connectivity index (χ0n) is 17.8. The van der Waals surface area contributed by atoms with Gasteiger partial charge in [-0.15, -0.1) is 0 Å². The molecule has 1 aliphatic heterocycles. The highest BCUT2D eigenvalue weighted by molar-refractivity contribution is 6.13. The summed E-state index contributed by atoms with van der Waals surface area (Å²) in [6, 6.07) is 25.8. The smallest absolute Gasteiger partial charge is 0.269 e. The second-order valence-corrected chi connectivity index (χ2v) is 8.01. The summed E-state index contributed by atoms with van der Waals surface area (Å²) in [4.78, 5) is 21.3. The molecule has 0 spiro atoms. The molecule has 6 nitrogen and oxygen atoms in total. The van der Waals surface area contributed by atoms with Gasteiger partial charge < -0.3 is 19.8 Å². The van der Waals surface area contributed by atoms with Gasteiger partial charge in [0.2, 0.25) is 6.79 Å². The maximum absolute atomic E-state index is 13.1. The van der Waals surface area contributed by atoms with Crippen molar-refractivity contribution in [2.45, 2.75) is 6.42 Å². The van der Waals surface area contributed by atoms with E-state index in [1.165, 1.54) is 5.56 Å². The summed E-state index contributed by atoms with van der Waals surface area (Å²) in [5, 5.41) is 5.03. The molecule has 0 unspecified atom stereocenters. The predicted molar refractivity (Wildman–Crippen MR) is 128 cm³/mol. The highest BCUT2D eigenvalue weighted by atomic mass is 16.7. The van der Waals surface area contributed by atoms with Crippen molar-refractivity contribution in [2.75, 3.05) is 13.3 Å². The quantitative estimate of drug-likeness (QED) is 0.403. The van der Waals surface area contributed by atoms with E-state index in [2.05, 4.69) is 28.5 Å². The van der Waals surface area contributed by atoms with Gasteiger partial charge in [-0.25, -0.2) is 4.98 Å². The number of hydrogen-bond acceptors (Lipinski definition) is 4. The molecule has 0 radical (unpaired) electrons. The van der Waals surface area contributed by atoms with Gasteiger partial charge >= 0.3 is 0 Å². The first-order valence-corrected chi connectivity index (χ1v) is 10.9. The Morgan fingerprint density at radius 3 is 2.64 bits per heavy atom. The number of amides is 1. The molecule has 0 fully saturated rings. The van der Waals surface area contributed by atoms with Crippen molar-refractivity contribution in [3.63, 3.8) is 0 Å². The van der Waals surface area contributed by atoms with Crippen LogP contribution in [0.2, 0.25) is 0 Å². The van der Waals surface area contributed by atoms with Gasteiger partial charge in [0.1, 0.15) is 5.69 Å². The summed E-state index contributed by atoms with van der Waals surface area (Å²) in [5.74, 6) is 1.19. The Hall–Kier alpha value is -4.32. The molecule has 0 saturated heterocycles. The predicted octanol–water partition coefficient (Wildman–Crippen LogP) is 5.08. The highest BCUT2D eigenvalue weighted by Crippen LogP contribution is 2.38. The summed E-state index contributed by atoms with van der Waals surface area (Å²) in [6.45, 7) is 0.744. The molecule has 33 heavy (non-hydrogen) atoms. The molecule has 6 heteroatoms. The van der Waals surface area contributed by atoms with E-state index in [1.807, 2.05) is 60.7 Å². The van der Waals surface area contributed by atoms with E-state index in [4.69, 9.17) is 14.5 Å². The summed E-state index contributed by atoms with van der Waals surface area (Å²) < 4.78 is 11.0. The van der Waals surface area contributed by atoms with Gasteiger partial charge in [0.05, 0.1) is 11.2 Å². The molecule has 1 aliphatic rings. The number of aromatic nitrogens is 2. The fourth-order valence-corrected chi connectivity index (χ4v) is 4.27. The van der Waals surface area contributed by atoms with Crippen LogP contribution in [-0.2, 0) is 6.42 Å². The van der Waals surface area contributed by atoms with Crippen molar-refractivity contribution in [3.8, 4) is 22.8 Å². The van der Waals surface area contributed by atoms with Crippen LogP contribution in [0.1, 0.15) is 16.1 Å². The minimum Gasteiger partial charge on any atom is -0.454 e. The molecular weight excluding hydrogens is 414 g/mol. The van der Waals surface area contributed by atoms with Crippen molar-refractivity contribution in [1.82, 2.24) is 15.3 Å². The van der Waals surface area contributed by atoms with Gasteiger partial charge in [0.15, 0.2) is 11.5 Å². The summed E-state index contributed by atoms with van der Waals surface area (Å²) in [5.41, 5.74) is 5.01. The molecule has 0 saturated carbocycles. The van der Waals surface area contributed by atoms with Crippen LogP contribution >= 0.6 is 0 Å². The van der Waals surface area contributed by atoms with Gasteiger partial charge in [-0.1, -0.05) is 48.5 Å². The number of hydrogen-bond donors (Lipinski definition) is 2. The Morgan fingerprint density at radius 2 is 1.73 bits per heavy atom. The molecule has 3 aromatic carbocycles. The number of pyridine rings is 1. The van der Waals surface area contributed by atoms with Crippen LogP contribution in [0.15, 0.2) is 78.9 Å². The number of fused-ring (bicyclic) bond motifs is 4. The third kappa shape index (κ3) is 3.55. The molecule has 162 valence electrons. The number of nitrogens with one attached hydrogen (secondary N) is 2. The lowest BCUT2D eigenvalue weighted by Gasteiger charge is -2.09. The van der Waals surface area contributed by atoms with Gasteiger partial charge in [-0.3, -0.25) is 4.79 Å².